The van der Waals surface area contributed by atoms with Crippen LogP contribution in [0.2, 0.25) is 0 Å². The lowest BCUT2D eigenvalue weighted by Crippen LogP contribution is -2.43. The van der Waals surface area contributed by atoms with Crippen LogP contribution < -0.4 is 16.2 Å². The number of rotatable bonds is 4. The van der Waals surface area contributed by atoms with Gasteiger partial charge < -0.3 is 20.1 Å². The van der Waals surface area contributed by atoms with Gasteiger partial charge in [-0.05, 0) is 54.0 Å². The summed E-state index contributed by atoms with van der Waals surface area (Å²) >= 11 is 0. The van der Waals surface area contributed by atoms with E-state index in [1.165, 1.54) is 10.1 Å². The van der Waals surface area contributed by atoms with Crippen molar-refractivity contribution in [1.82, 2.24) is 14.8 Å². The molecule has 2 aromatic rings. The molecule has 1 aliphatic heterocycles. The van der Waals surface area contributed by atoms with Crippen molar-refractivity contribution in [2.75, 3.05) is 25.0 Å². The number of anilines is 1. The minimum absolute atomic E-state index is 0.0739. The van der Waals surface area contributed by atoms with Crippen LogP contribution in [0.4, 0.5) is 10.5 Å². The van der Waals surface area contributed by atoms with Crippen molar-refractivity contribution in [3.8, 4) is 0 Å². The summed E-state index contributed by atoms with van der Waals surface area (Å²) in [6.07, 6.45) is 3.22. The first kappa shape index (κ1) is 22.6. The number of nitrogens with zero attached hydrogens (tertiary/aromatic N) is 2. The molecule has 0 aliphatic carbocycles. The number of pyridine rings is 1. The zero-order chi connectivity index (χ0) is 22.6. The van der Waals surface area contributed by atoms with E-state index in [4.69, 9.17) is 0 Å². The fourth-order valence-corrected chi connectivity index (χ4v) is 3.74. The lowest BCUT2D eigenvalue weighted by Gasteiger charge is -2.32. The summed E-state index contributed by atoms with van der Waals surface area (Å²) in [6, 6.07) is 11.0. The number of likely N-dealkylation sites (tertiary alicyclic amines) is 1. The van der Waals surface area contributed by atoms with Gasteiger partial charge in [0.1, 0.15) is 5.56 Å². The van der Waals surface area contributed by atoms with E-state index in [9.17, 15) is 14.4 Å². The summed E-state index contributed by atoms with van der Waals surface area (Å²) in [5.74, 6) is 0.0840. The van der Waals surface area contributed by atoms with E-state index in [1.54, 1.807) is 30.3 Å². The maximum atomic E-state index is 12.7. The molecule has 1 fully saturated rings. The molecular weight excluding hydrogens is 392 g/mol. The van der Waals surface area contributed by atoms with E-state index >= 15 is 0 Å². The molecule has 1 aromatic carbocycles. The van der Waals surface area contributed by atoms with E-state index in [0.717, 1.165) is 18.5 Å². The molecule has 3 rings (SSSR count). The van der Waals surface area contributed by atoms with Crippen molar-refractivity contribution < 1.29 is 9.59 Å². The average Bonchev–Trinajstić information content (AvgIpc) is 2.74. The van der Waals surface area contributed by atoms with E-state index in [2.05, 4.69) is 31.4 Å². The number of carbonyl (C=O) groups excluding carboxylic acids is 2. The van der Waals surface area contributed by atoms with Gasteiger partial charge in [0, 0.05) is 38.6 Å². The van der Waals surface area contributed by atoms with Gasteiger partial charge in [-0.15, -0.1) is 0 Å². The molecule has 0 unspecified atom stereocenters. The zero-order valence-electron chi connectivity index (χ0n) is 18.8. The minimum atomic E-state index is -0.275. The molecule has 7 heteroatoms. The summed E-state index contributed by atoms with van der Waals surface area (Å²) in [6.45, 7) is 8.18. The van der Waals surface area contributed by atoms with Crippen LogP contribution in [0.25, 0.3) is 0 Å². The lowest BCUT2D eigenvalue weighted by molar-refractivity contribution is 0.0688. The van der Waals surface area contributed by atoms with E-state index in [-0.39, 0.29) is 28.5 Å². The molecule has 31 heavy (non-hydrogen) atoms. The molecule has 7 nitrogen and oxygen atoms in total. The second-order valence-electron chi connectivity index (χ2n) is 9.24. The molecule has 0 saturated carbocycles. The van der Waals surface area contributed by atoms with Crippen LogP contribution in [-0.4, -0.2) is 41.0 Å². The summed E-state index contributed by atoms with van der Waals surface area (Å²) in [5.41, 5.74) is 1.98. The van der Waals surface area contributed by atoms with Crippen LogP contribution in [0, 0.1) is 5.92 Å². The number of aryl methyl sites for hydroxylation is 1. The highest BCUT2D eigenvalue weighted by Gasteiger charge is 2.25. The monoisotopic (exact) mass is 424 g/mol. The minimum Gasteiger partial charge on any atom is -0.338 e. The van der Waals surface area contributed by atoms with Gasteiger partial charge in [0.25, 0.3) is 11.5 Å². The number of urea groups is 1. The van der Waals surface area contributed by atoms with Crippen LogP contribution in [-0.2, 0) is 12.5 Å². The Bertz CT molecular complexity index is 981. The number of nitrogens with one attached hydrogen (secondary N) is 2. The molecule has 1 saturated heterocycles. The Labute approximate surface area is 183 Å². The second-order valence-corrected chi connectivity index (χ2v) is 9.24. The van der Waals surface area contributed by atoms with Gasteiger partial charge in [0.15, 0.2) is 0 Å². The van der Waals surface area contributed by atoms with Gasteiger partial charge in [0.2, 0.25) is 0 Å². The number of carbonyl (C=O) groups is 2. The van der Waals surface area contributed by atoms with Gasteiger partial charge in [-0.3, -0.25) is 9.59 Å². The summed E-state index contributed by atoms with van der Waals surface area (Å²) in [5, 5.41) is 5.80. The normalized spacial score (nSPS) is 14.9. The number of benzene rings is 1. The second kappa shape index (κ2) is 9.37. The molecule has 1 aliphatic rings. The topological polar surface area (TPSA) is 83.4 Å². The maximum absolute atomic E-state index is 12.7. The number of piperidine rings is 1. The van der Waals surface area contributed by atoms with Gasteiger partial charge in [0.05, 0.1) is 0 Å². The summed E-state index contributed by atoms with van der Waals surface area (Å²) in [7, 11) is 1.64. The van der Waals surface area contributed by atoms with Crippen molar-refractivity contribution in [1.29, 1.82) is 0 Å². The van der Waals surface area contributed by atoms with Crippen molar-refractivity contribution in [3.63, 3.8) is 0 Å². The first-order valence-corrected chi connectivity index (χ1v) is 10.8. The molecule has 1 aromatic heterocycles. The third-order valence-electron chi connectivity index (χ3n) is 5.82. The molecular formula is C24H32N4O3. The first-order chi connectivity index (χ1) is 14.6. The van der Waals surface area contributed by atoms with Crippen LogP contribution in [0.3, 0.4) is 0 Å². The molecule has 166 valence electrons. The van der Waals surface area contributed by atoms with Gasteiger partial charge in [-0.25, -0.2) is 4.79 Å². The quantitative estimate of drug-likeness (QED) is 0.789. The number of hydrogen-bond acceptors (Lipinski definition) is 3. The molecule has 0 spiro atoms. The van der Waals surface area contributed by atoms with Crippen LogP contribution in [0.15, 0.2) is 47.4 Å². The van der Waals surface area contributed by atoms with Crippen molar-refractivity contribution in [2.45, 2.75) is 39.0 Å². The number of amides is 3. The van der Waals surface area contributed by atoms with Gasteiger partial charge >= 0.3 is 6.03 Å². The Kier molecular flexibility index (Phi) is 6.83. The average molecular weight is 425 g/mol. The van der Waals surface area contributed by atoms with Gasteiger partial charge in [-0.1, -0.05) is 32.9 Å². The Morgan fingerprint density at radius 1 is 1.06 bits per heavy atom. The number of aromatic nitrogens is 1. The van der Waals surface area contributed by atoms with Crippen molar-refractivity contribution in [2.24, 2.45) is 13.0 Å². The highest BCUT2D eigenvalue weighted by atomic mass is 16.2. The molecule has 0 radical (unpaired) electrons. The first-order valence-electron chi connectivity index (χ1n) is 10.8. The van der Waals surface area contributed by atoms with Crippen LogP contribution in [0.1, 0.15) is 49.5 Å². The Morgan fingerprint density at radius 3 is 2.32 bits per heavy atom. The maximum Gasteiger partial charge on any atom is 0.319 e. The predicted molar refractivity (Wildman–Crippen MR) is 122 cm³/mol. The molecule has 3 amide bonds. The Morgan fingerprint density at radius 2 is 1.71 bits per heavy atom. The van der Waals surface area contributed by atoms with Gasteiger partial charge in [-0.2, -0.15) is 0 Å². The molecule has 0 bridgehead atoms. The molecule has 2 heterocycles. The Hall–Kier alpha value is -3.09. The predicted octanol–water partition coefficient (Wildman–Crippen LogP) is 3.36. The fourth-order valence-electron chi connectivity index (χ4n) is 3.74. The SMILES string of the molecule is Cn1cccc(C(=O)N2CCC(CNC(=O)Nc3ccc(C(C)(C)C)cc3)CC2)c1=O. The third kappa shape index (κ3) is 5.75. The highest BCUT2D eigenvalue weighted by Crippen LogP contribution is 2.23. The van der Waals surface area contributed by atoms with Crippen LogP contribution >= 0.6 is 0 Å². The summed E-state index contributed by atoms with van der Waals surface area (Å²) < 4.78 is 1.42. The summed E-state index contributed by atoms with van der Waals surface area (Å²) in [4.78, 5) is 38.8. The lowest BCUT2D eigenvalue weighted by atomic mass is 9.87. The molecule has 0 atom stereocenters. The van der Waals surface area contributed by atoms with Crippen molar-refractivity contribution in [3.05, 3.63) is 64.1 Å². The van der Waals surface area contributed by atoms with E-state index in [1.807, 2.05) is 24.3 Å². The van der Waals surface area contributed by atoms with Crippen LogP contribution in [0.5, 0.6) is 0 Å². The zero-order valence-corrected chi connectivity index (χ0v) is 18.8. The fraction of sp³-hybridized carbons (Fsp3) is 0.458. The van der Waals surface area contributed by atoms with Crippen molar-refractivity contribution >= 4 is 17.6 Å². The van der Waals surface area contributed by atoms with E-state index < -0.39 is 0 Å². The highest BCUT2D eigenvalue weighted by molar-refractivity contribution is 5.94. The number of hydrogen-bond donors (Lipinski definition) is 2. The third-order valence-corrected chi connectivity index (χ3v) is 5.82. The largest absolute Gasteiger partial charge is 0.338 e. The van der Waals surface area contributed by atoms with E-state index in [0.29, 0.717) is 25.6 Å². The smallest absolute Gasteiger partial charge is 0.319 e. The Balaban J connectivity index is 1.45. The molecule has 2 N–H and O–H groups in total. The standard InChI is InChI=1S/C24H32N4O3/c1-24(2,3)18-7-9-19(10-8-18)26-23(31)25-16-17-11-14-28(15-12-17)22(30)20-6-5-13-27(4)21(20)29/h5-10,13,17H,11-12,14-16H2,1-4H3,(H2,25,26,31).